The van der Waals surface area contributed by atoms with Gasteiger partial charge in [0.05, 0.1) is 0 Å². The first-order valence-electron chi connectivity index (χ1n) is 12.1. The molecule has 1 atom stereocenters. The third-order valence-electron chi connectivity index (χ3n) is 8.26. The Kier molecular flexibility index (Phi) is 5.65. The van der Waals surface area contributed by atoms with Crippen LogP contribution in [0.1, 0.15) is 76.2 Å². The molecule has 0 unspecified atom stereocenters. The zero-order valence-corrected chi connectivity index (χ0v) is 18.3. The van der Waals surface area contributed by atoms with E-state index >= 15 is 0 Å². The van der Waals surface area contributed by atoms with Gasteiger partial charge in [-0.25, -0.2) is 0 Å². The minimum absolute atomic E-state index is 0.224. The molecular weight excluding hydrogens is 376 g/mol. The standard InChI is InChI=1S/C25H36N2O3/c1-2-23(28)26-22-16-25(22)11-6-18(7-12-25)8-13-27-14-9-19(10-15-27)20-4-3-5-21-24(20)30-17-29-21/h3-5,18-19,22H,2,6-17H2,1H3,(H,26,28)/t18?,22-,25?/m0/s1. The highest BCUT2D eigenvalue weighted by Crippen LogP contribution is 2.57. The number of likely N-dealkylation sites (tertiary alicyclic amines) is 1. The van der Waals surface area contributed by atoms with Crippen molar-refractivity contribution in [1.29, 1.82) is 0 Å². The first kappa shape index (κ1) is 20.2. The smallest absolute Gasteiger partial charge is 0.231 e. The molecule has 1 amide bonds. The number of ether oxygens (including phenoxy) is 2. The summed E-state index contributed by atoms with van der Waals surface area (Å²) in [4.78, 5) is 14.3. The summed E-state index contributed by atoms with van der Waals surface area (Å²) in [6.45, 7) is 5.93. The van der Waals surface area contributed by atoms with Crippen molar-refractivity contribution in [3.05, 3.63) is 23.8 Å². The molecule has 3 fully saturated rings. The van der Waals surface area contributed by atoms with Crippen LogP contribution in [0.15, 0.2) is 18.2 Å². The Morgan fingerprint density at radius 2 is 1.97 bits per heavy atom. The zero-order chi connectivity index (χ0) is 20.6. The quantitative estimate of drug-likeness (QED) is 0.749. The predicted octanol–water partition coefficient (Wildman–Crippen LogP) is 4.46. The number of rotatable bonds is 6. The van der Waals surface area contributed by atoms with Crippen molar-refractivity contribution < 1.29 is 14.3 Å². The number of nitrogens with zero attached hydrogens (tertiary/aromatic N) is 1. The van der Waals surface area contributed by atoms with E-state index in [1.54, 1.807) is 0 Å². The molecule has 0 radical (unpaired) electrons. The highest BCUT2D eigenvalue weighted by molar-refractivity contribution is 5.76. The second-order valence-corrected chi connectivity index (χ2v) is 9.97. The summed E-state index contributed by atoms with van der Waals surface area (Å²) in [7, 11) is 0. The molecule has 1 aromatic carbocycles. The molecule has 0 bridgehead atoms. The van der Waals surface area contributed by atoms with Crippen molar-refractivity contribution in [1.82, 2.24) is 10.2 Å². The van der Waals surface area contributed by atoms with E-state index in [9.17, 15) is 4.79 Å². The number of para-hydroxylation sites is 1. The van der Waals surface area contributed by atoms with Crippen LogP contribution in [0.25, 0.3) is 0 Å². The Hall–Kier alpha value is -1.75. The van der Waals surface area contributed by atoms with Crippen molar-refractivity contribution in [2.75, 3.05) is 26.4 Å². The first-order valence-corrected chi connectivity index (χ1v) is 12.1. The van der Waals surface area contributed by atoms with E-state index in [1.807, 2.05) is 13.0 Å². The monoisotopic (exact) mass is 412 g/mol. The molecule has 1 N–H and O–H groups in total. The van der Waals surface area contributed by atoms with Crippen molar-refractivity contribution in [2.24, 2.45) is 11.3 Å². The average Bonchev–Trinajstić information content (AvgIpc) is 3.20. The van der Waals surface area contributed by atoms with Gasteiger partial charge in [0.15, 0.2) is 11.5 Å². The number of hydrogen-bond acceptors (Lipinski definition) is 4. The maximum Gasteiger partial charge on any atom is 0.231 e. The lowest BCUT2D eigenvalue weighted by Gasteiger charge is -2.35. The van der Waals surface area contributed by atoms with E-state index in [4.69, 9.17) is 9.47 Å². The normalized spacial score (nSPS) is 31.1. The number of benzene rings is 1. The van der Waals surface area contributed by atoms with Gasteiger partial charge in [-0.2, -0.15) is 0 Å². The Morgan fingerprint density at radius 3 is 2.73 bits per heavy atom. The van der Waals surface area contributed by atoms with Crippen LogP contribution >= 0.6 is 0 Å². The highest BCUT2D eigenvalue weighted by Gasteiger charge is 2.55. The van der Waals surface area contributed by atoms with E-state index in [2.05, 4.69) is 22.3 Å². The number of carbonyl (C=O) groups excluding carboxylic acids is 1. The Balaban J connectivity index is 1.04. The lowest BCUT2D eigenvalue weighted by atomic mass is 9.78. The molecule has 2 saturated carbocycles. The van der Waals surface area contributed by atoms with Crippen LogP contribution in [0.2, 0.25) is 0 Å². The summed E-state index contributed by atoms with van der Waals surface area (Å²) < 4.78 is 11.3. The molecular formula is C25H36N2O3. The Labute approximate surface area is 180 Å². The van der Waals surface area contributed by atoms with Gasteiger partial charge in [-0.1, -0.05) is 19.1 Å². The number of carbonyl (C=O) groups is 1. The lowest BCUT2D eigenvalue weighted by molar-refractivity contribution is -0.121. The lowest BCUT2D eigenvalue weighted by Crippen LogP contribution is -2.35. The van der Waals surface area contributed by atoms with Gasteiger partial charge in [-0.15, -0.1) is 0 Å². The fraction of sp³-hybridized carbons (Fsp3) is 0.720. The SMILES string of the molecule is CCC(=O)N[C@H]1CC12CCC(CCN1CCC(c3cccc4c3OCO4)CC1)CC2. The van der Waals surface area contributed by atoms with E-state index in [0.29, 0.717) is 30.6 Å². The summed E-state index contributed by atoms with van der Waals surface area (Å²) >= 11 is 0. The third-order valence-corrected chi connectivity index (χ3v) is 8.26. The van der Waals surface area contributed by atoms with Crippen LogP contribution in [0.4, 0.5) is 0 Å². The molecule has 4 aliphatic rings. The van der Waals surface area contributed by atoms with Crippen LogP contribution < -0.4 is 14.8 Å². The molecule has 1 saturated heterocycles. The first-order chi connectivity index (χ1) is 14.7. The van der Waals surface area contributed by atoms with Crippen molar-refractivity contribution in [3.63, 3.8) is 0 Å². The van der Waals surface area contributed by atoms with Gasteiger partial charge in [0, 0.05) is 18.0 Å². The molecule has 5 nitrogen and oxygen atoms in total. The number of piperidine rings is 1. The van der Waals surface area contributed by atoms with Gasteiger partial charge >= 0.3 is 0 Å². The van der Waals surface area contributed by atoms with Crippen LogP contribution in [0, 0.1) is 11.3 Å². The number of hydrogen-bond donors (Lipinski definition) is 1. The van der Waals surface area contributed by atoms with Gasteiger partial charge in [0.25, 0.3) is 0 Å². The summed E-state index contributed by atoms with van der Waals surface area (Å²) in [6, 6.07) is 6.80. The van der Waals surface area contributed by atoms with Gasteiger partial charge < -0.3 is 19.7 Å². The maximum absolute atomic E-state index is 11.7. The topological polar surface area (TPSA) is 50.8 Å². The van der Waals surface area contributed by atoms with Crippen molar-refractivity contribution in [3.8, 4) is 11.5 Å². The highest BCUT2D eigenvalue weighted by atomic mass is 16.7. The van der Waals surface area contributed by atoms with Gasteiger partial charge in [0.2, 0.25) is 12.7 Å². The summed E-state index contributed by atoms with van der Waals surface area (Å²) in [6.07, 6.45) is 10.9. The largest absolute Gasteiger partial charge is 0.454 e. The summed E-state index contributed by atoms with van der Waals surface area (Å²) in [5, 5.41) is 3.23. The minimum Gasteiger partial charge on any atom is -0.454 e. The Morgan fingerprint density at radius 1 is 1.17 bits per heavy atom. The number of amides is 1. The molecule has 1 aromatic rings. The van der Waals surface area contributed by atoms with Crippen molar-refractivity contribution in [2.45, 2.75) is 76.7 Å². The van der Waals surface area contributed by atoms with E-state index in [-0.39, 0.29) is 5.91 Å². The van der Waals surface area contributed by atoms with Crippen LogP contribution in [-0.2, 0) is 4.79 Å². The van der Waals surface area contributed by atoms with Crippen molar-refractivity contribution >= 4 is 5.91 Å². The van der Waals surface area contributed by atoms with E-state index < -0.39 is 0 Å². The van der Waals surface area contributed by atoms with E-state index in [0.717, 1.165) is 17.4 Å². The fourth-order valence-electron chi connectivity index (χ4n) is 6.05. The van der Waals surface area contributed by atoms with Crippen LogP contribution in [0.5, 0.6) is 11.5 Å². The molecule has 5 rings (SSSR count). The average molecular weight is 413 g/mol. The van der Waals surface area contributed by atoms with E-state index in [1.165, 1.54) is 76.6 Å². The number of fused-ring (bicyclic) bond motifs is 1. The summed E-state index contributed by atoms with van der Waals surface area (Å²) in [5.74, 6) is 3.59. The predicted molar refractivity (Wildman–Crippen MR) is 117 cm³/mol. The summed E-state index contributed by atoms with van der Waals surface area (Å²) in [5.41, 5.74) is 1.80. The Bertz CT molecular complexity index is 764. The molecule has 1 spiro atoms. The minimum atomic E-state index is 0.224. The molecule has 0 aromatic heterocycles. The molecule has 30 heavy (non-hydrogen) atoms. The fourth-order valence-corrected chi connectivity index (χ4v) is 6.05. The van der Waals surface area contributed by atoms with Gasteiger partial charge in [-0.05, 0) is 94.3 Å². The second-order valence-electron chi connectivity index (χ2n) is 9.97. The molecule has 2 aliphatic carbocycles. The molecule has 5 heteroatoms. The second kappa shape index (κ2) is 8.41. The zero-order valence-electron chi connectivity index (χ0n) is 18.3. The third kappa shape index (κ3) is 4.05. The van der Waals surface area contributed by atoms with Gasteiger partial charge in [0.1, 0.15) is 0 Å². The van der Waals surface area contributed by atoms with Crippen LogP contribution in [0.3, 0.4) is 0 Å². The molecule has 2 heterocycles. The number of nitrogens with one attached hydrogen (secondary N) is 1. The molecule has 164 valence electrons. The molecule has 2 aliphatic heterocycles. The van der Waals surface area contributed by atoms with Gasteiger partial charge in [-0.3, -0.25) is 4.79 Å². The maximum atomic E-state index is 11.7. The van der Waals surface area contributed by atoms with Crippen LogP contribution in [-0.4, -0.2) is 43.3 Å².